The van der Waals surface area contributed by atoms with Gasteiger partial charge in [-0.15, -0.1) is 0 Å². The molecule has 1 unspecified atom stereocenters. The molecule has 1 heterocycles. The number of nitrogens with two attached hydrogens (primary N) is 1. The Kier molecular flexibility index (Phi) is 3.51. The van der Waals surface area contributed by atoms with Crippen molar-refractivity contribution in [3.63, 3.8) is 0 Å². The van der Waals surface area contributed by atoms with Crippen molar-refractivity contribution in [2.75, 3.05) is 0 Å². The van der Waals surface area contributed by atoms with E-state index in [0.29, 0.717) is 5.02 Å². The van der Waals surface area contributed by atoms with Crippen molar-refractivity contribution in [2.45, 2.75) is 6.04 Å². The predicted octanol–water partition coefficient (Wildman–Crippen LogP) is 2.73. The lowest BCUT2D eigenvalue weighted by Gasteiger charge is -2.14. The summed E-state index contributed by atoms with van der Waals surface area (Å²) in [5, 5.41) is 0.695. The molecule has 0 amide bonds. The summed E-state index contributed by atoms with van der Waals surface area (Å²) >= 11 is 8.23. The summed E-state index contributed by atoms with van der Waals surface area (Å²) in [5.41, 5.74) is 7.19. The Morgan fingerprint density at radius 1 is 1.50 bits per heavy atom. The molecule has 5 heteroatoms. The maximum Gasteiger partial charge on any atom is 0.130 e. The third kappa shape index (κ3) is 2.23. The van der Waals surface area contributed by atoms with E-state index in [1.165, 1.54) is 0 Å². The Morgan fingerprint density at radius 3 is 2.88 bits per heavy atom. The van der Waals surface area contributed by atoms with Crippen molar-refractivity contribution in [2.24, 2.45) is 12.8 Å². The van der Waals surface area contributed by atoms with E-state index in [9.17, 15) is 0 Å². The van der Waals surface area contributed by atoms with E-state index in [2.05, 4.69) is 27.6 Å². The van der Waals surface area contributed by atoms with Crippen molar-refractivity contribution >= 4 is 34.2 Å². The second kappa shape index (κ2) is 4.73. The Morgan fingerprint density at radius 2 is 2.25 bits per heavy atom. The minimum absolute atomic E-state index is 0.245. The molecule has 0 saturated heterocycles. The molecule has 1 aromatic carbocycles. The van der Waals surface area contributed by atoms with Crippen molar-refractivity contribution in [3.8, 4) is 0 Å². The van der Waals surface area contributed by atoms with Crippen LogP contribution in [0.5, 0.6) is 0 Å². The van der Waals surface area contributed by atoms with Crippen LogP contribution in [-0.2, 0) is 7.05 Å². The molecule has 3 nitrogen and oxygen atoms in total. The van der Waals surface area contributed by atoms with Gasteiger partial charge in [0.15, 0.2) is 0 Å². The van der Waals surface area contributed by atoms with E-state index in [0.717, 1.165) is 15.0 Å². The standard InChI is InChI=1S/C11H11ClIN3/c1-16-5-4-15-11(16)10(14)8-6-7(12)2-3-9(8)13/h2-6,10H,14H2,1H3. The van der Waals surface area contributed by atoms with E-state index in [1.807, 2.05) is 36.0 Å². The lowest BCUT2D eigenvalue weighted by atomic mass is 10.1. The van der Waals surface area contributed by atoms with Crippen LogP contribution in [0.4, 0.5) is 0 Å². The van der Waals surface area contributed by atoms with Gasteiger partial charge in [0, 0.05) is 28.0 Å². The summed E-state index contributed by atoms with van der Waals surface area (Å²) in [6, 6.07) is 5.47. The van der Waals surface area contributed by atoms with Crippen LogP contribution >= 0.6 is 34.2 Å². The highest BCUT2D eigenvalue weighted by atomic mass is 127. The SMILES string of the molecule is Cn1ccnc1C(N)c1cc(Cl)ccc1I. The van der Waals surface area contributed by atoms with E-state index in [-0.39, 0.29) is 6.04 Å². The average Bonchev–Trinajstić information content (AvgIpc) is 2.67. The number of benzene rings is 1. The maximum absolute atomic E-state index is 6.18. The van der Waals surface area contributed by atoms with Gasteiger partial charge < -0.3 is 10.3 Å². The molecule has 0 radical (unpaired) electrons. The van der Waals surface area contributed by atoms with Crippen molar-refractivity contribution in [1.82, 2.24) is 9.55 Å². The second-order valence-electron chi connectivity index (χ2n) is 3.54. The molecule has 84 valence electrons. The second-order valence-corrected chi connectivity index (χ2v) is 5.14. The molecule has 0 aliphatic carbocycles. The Balaban J connectivity index is 2.45. The van der Waals surface area contributed by atoms with Crippen molar-refractivity contribution in [3.05, 3.63) is 50.6 Å². The van der Waals surface area contributed by atoms with Crippen LogP contribution in [-0.4, -0.2) is 9.55 Å². The molecular formula is C11H11ClIN3. The topological polar surface area (TPSA) is 43.8 Å². The number of nitrogens with zero attached hydrogens (tertiary/aromatic N) is 2. The molecular weight excluding hydrogens is 336 g/mol. The highest BCUT2D eigenvalue weighted by Gasteiger charge is 2.16. The molecule has 0 bridgehead atoms. The van der Waals surface area contributed by atoms with Crippen LogP contribution in [0.15, 0.2) is 30.6 Å². The van der Waals surface area contributed by atoms with Crippen molar-refractivity contribution < 1.29 is 0 Å². The molecule has 1 atom stereocenters. The first-order valence-corrected chi connectivity index (χ1v) is 6.23. The summed E-state index contributed by atoms with van der Waals surface area (Å²) in [6.45, 7) is 0. The average molecular weight is 348 g/mol. The largest absolute Gasteiger partial charge is 0.336 e. The molecule has 2 aromatic rings. The smallest absolute Gasteiger partial charge is 0.130 e. The molecule has 0 aliphatic heterocycles. The lowest BCUT2D eigenvalue weighted by molar-refractivity contribution is 0.714. The third-order valence-corrected chi connectivity index (χ3v) is 3.65. The predicted molar refractivity (Wildman–Crippen MR) is 73.4 cm³/mol. The molecule has 1 aromatic heterocycles. The number of imidazole rings is 1. The van der Waals surface area contributed by atoms with Crippen LogP contribution < -0.4 is 5.73 Å². The normalized spacial score (nSPS) is 12.8. The summed E-state index contributed by atoms with van der Waals surface area (Å²) in [6.07, 6.45) is 3.62. The molecule has 2 N–H and O–H groups in total. The van der Waals surface area contributed by atoms with Gasteiger partial charge >= 0.3 is 0 Å². The van der Waals surface area contributed by atoms with Crippen LogP contribution in [0.2, 0.25) is 5.02 Å². The highest BCUT2D eigenvalue weighted by molar-refractivity contribution is 14.1. The van der Waals surface area contributed by atoms with E-state index in [4.69, 9.17) is 17.3 Å². The molecule has 0 fully saturated rings. The summed E-state index contributed by atoms with van der Waals surface area (Å²) in [5.74, 6) is 0.834. The quantitative estimate of drug-likeness (QED) is 0.849. The van der Waals surface area contributed by atoms with Gasteiger partial charge in [0.2, 0.25) is 0 Å². The summed E-state index contributed by atoms with van der Waals surface area (Å²) < 4.78 is 3.01. The van der Waals surface area contributed by atoms with Gasteiger partial charge in [0.1, 0.15) is 5.82 Å². The van der Waals surface area contributed by atoms with Crippen LogP contribution in [0.3, 0.4) is 0 Å². The summed E-state index contributed by atoms with van der Waals surface area (Å²) in [4.78, 5) is 4.25. The maximum atomic E-state index is 6.18. The fraction of sp³-hybridized carbons (Fsp3) is 0.182. The van der Waals surface area contributed by atoms with Gasteiger partial charge in [-0.1, -0.05) is 11.6 Å². The highest BCUT2D eigenvalue weighted by Crippen LogP contribution is 2.25. The number of halogens is 2. The first kappa shape index (κ1) is 11.9. The molecule has 2 rings (SSSR count). The van der Waals surface area contributed by atoms with E-state index in [1.54, 1.807) is 6.20 Å². The van der Waals surface area contributed by atoms with Gasteiger partial charge in [0.05, 0.1) is 6.04 Å². The van der Waals surface area contributed by atoms with Gasteiger partial charge in [-0.25, -0.2) is 4.98 Å². The Hall–Kier alpha value is -0.590. The molecule has 0 saturated carbocycles. The van der Waals surface area contributed by atoms with E-state index < -0.39 is 0 Å². The zero-order valence-electron chi connectivity index (χ0n) is 8.69. The number of aromatic nitrogens is 2. The Labute approximate surface area is 113 Å². The number of aryl methyl sites for hydroxylation is 1. The lowest BCUT2D eigenvalue weighted by Crippen LogP contribution is -2.17. The van der Waals surface area contributed by atoms with Crippen molar-refractivity contribution in [1.29, 1.82) is 0 Å². The number of rotatable bonds is 2. The van der Waals surface area contributed by atoms with Gasteiger partial charge in [-0.05, 0) is 46.4 Å². The molecule has 16 heavy (non-hydrogen) atoms. The zero-order valence-corrected chi connectivity index (χ0v) is 11.6. The Bertz CT molecular complexity index is 510. The minimum atomic E-state index is -0.245. The van der Waals surface area contributed by atoms with Gasteiger partial charge in [-0.3, -0.25) is 0 Å². The third-order valence-electron chi connectivity index (χ3n) is 2.43. The first-order valence-electron chi connectivity index (χ1n) is 4.77. The monoisotopic (exact) mass is 347 g/mol. The van der Waals surface area contributed by atoms with Crippen LogP contribution in [0.25, 0.3) is 0 Å². The number of hydrogen-bond donors (Lipinski definition) is 1. The zero-order chi connectivity index (χ0) is 11.7. The fourth-order valence-electron chi connectivity index (χ4n) is 1.57. The fourth-order valence-corrected chi connectivity index (χ4v) is 2.42. The summed E-state index contributed by atoms with van der Waals surface area (Å²) in [7, 11) is 1.93. The van der Waals surface area contributed by atoms with Gasteiger partial charge in [0.25, 0.3) is 0 Å². The van der Waals surface area contributed by atoms with Gasteiger partial charge in [-0.2, -0.15) is 0 Å². The molecule has 0 aliphatic rings. The minimum Gasteiger partial charge on any atom is -0.336 e. The molecule has 0 spiro atoms. The van der Waals surface area contributed by atoms with Crippen LogP contribution in [0, 0.1) is 3.57 Å². The van der Waals surface area contributed by atoms with E-state index >= 15 is 0 Å². The number of hydrogen-bond acceptors (Lipinski definition) is 2. The van der Waals surface area contributed by atoms with Crippen LogP contribution in [0.1, 0.15) is 17.4 Å². The first-order chi connectivity index (χ1) is 7.59.